The molecule has 0 radical (unpaired) electrons. The van der Waals surface area contributed by atoms with Crippen LogP contribution in [-0.4, -0.2) is 212 Å². The summed E-state index contributed by atoms with van der Waals surface area (Å²) in [6, 6.07) is -7.14. The lowest BCUT2D eigenvalue weighted by molar-refractivity contribution is -0.144. The number of carboxylic acid groups (broad SMARTS) is 5. The van der Waals surface area contributed by atoms with Crippen LogP contribution in [-0.2, 0) is 86.1 Å². The SMILES string of the molecule is BC(=O)[C@H](CCC(N)=O)NC(=O)COCCOCCNC(=O)COCCOCCNC(=O)CC[C@@H](NC(=O)CC[C@H](NC(=O)CC[C@@H](NC(=O)CC[C@H](NC(=O)CCCCCCCCCCCCCCCCC(=O)O)C(=O)O)C(=O)O)C(=O)O)C(=O)O. The highest BCUT2D eigenvalue weighted by molar-refractivity contribution is 6.59. The van der Waals surface area contributed by atoms with Crippen LogP contribution in [0.25, 0.3) is 0 Å². The maximum Gasteiger partial charge on any atom is 0.326 e. The lowest BCUT2D eigenvalue weighted by Crippen LogP contribution is -2.45. The zero-order valence-electron chi connectivity index (χ0n) is 50.0. The first kappa shape index (κ1) is 79.7. The molecule has 8 amide bonds. The molecule has 0 fully saturated rings. The first-order valence-electron chi connectivity index (χ1n) is 29.6. The number of primary amides is 1. The van der Waals surface area contributed by atoms with Crippen LogP contribution in [0.3, 0.4) is 0 Å². The number of rotatable bonds is 58. The molecule has 0 aliphatic heterocycles. The molecule has 0 saturated heterocycles. The average molecular weight is 1250 g/mol. The number of carbonyl (C=O) groups is 14. The number of hydrogen-bond acceptors (Lipinski definition) is 18. The van der Waals surface area contributed by atoms with Gasteiger partial charge in [-0.15, -0.1) is 0 Å². The molecule has 31 nitrogen and oxygen atoms in total. The summed E-state index contributed by atoms with van der Waals surface area (Å²) in [5.41, 5.74) is 4.75. The van der Waals surface area contributed by atoms with Gasteiger partial charge in [0.05, 0.1) is 45.7 Å². The first-order valence-corrected chi connectivity index (χ1v) is 29.6. The lowest BCUT2D eigenvalue weighted by Gasteiger charge is -2.18. The Labute approximate surface area is 506 Å². The molecular weight excluding hydrogens is 1150 g/mol. The van der Waals surface area contributed by atoms with E-state index in [0.29, 0.717) is 6.42 Å². The standard InChI is InChI=1S/C55H93BN8O23/c56-51(75)37(17-22-42(57)65)60-49(72)36-87-34-32-85-30-28-59-48(71)35-86-33-31-84-29-27-58-43(66)23-18-38(52(76)77)62-45(68)25-20-40(54(80)81)64-47(70)26-21-41(55(82)83)63-46(69)24-19-39(53(78)79)61-44(67)15-13-11-9-7-5-3-1-2-4-6-8-10-12-14-16-50(73)74/h37-41H,1-36,56H2,(H2,57,65)(H,58,66)(H,59,71)(H,60,72)(H,61,67)(H,62,68)(H,63,69)(H,64,70)(H,73,74)(H,76,77)(H,78,79)(H,80,81)(H,82,83)/t37-,38+,39-,40-,41+/m0/s1. The van der Waals surface area contributed by atoms with E-state index in [-0.39, 0.29) is 117 Å². The van der Waals surface area contributed by atoms with Crippen molar-refractivity contribution >= 4 is 90.6 Å². The molecule has 0 unspecified atom stereocenters. The summed E-state index contributed by atoms with van der Waals surface area (Å²) >= 11 is 0. The Hall–Kier alpha value is -7.32. The van der Waals surface area contributed by atoms with Gasteiger partial charge in [0.25, 0.3) is 0 Å². The maximum absolute atomic E-state index is 12.7. The van der Waals surface area contributed by atoms with E-state index in [9.17, 15) is 87.5 Å². The van der Waals surface area contributed by atoms with Gasteiger partial charge in [0, 0.05) is 58.0 Å². The summed E-state index contributed by atoms with van der Waals surface area (Å²) in [6.07, 6.45) is 10.5. The first-order chi connectivity index (χ1) is 41.4. The Kier molecular flexibility index (Phi) is 46.5. The number of amides is 8. The van der Waals surface area contributed by atoms with E-state index in [2.05, 4.69) is 37.2 Å². The molecule has 0 heterocycles. The van der Waals surface area contributed by atoms with Crippen molar-refractivity contribution in [1.29, 1.82) is 0 Å². The van der Waals surface area contributed by atoms with Crippen LogP contribution in [0, 0.1) is 0 Å². The van der Waals surface area contributed by atoms with Crippen molar-refractivity contribution in [2.24, 2.45) is 5.73 Å². The van der Waals surface area contributed by atoms with E-state index in [1.807, 2.05) is 0 Å². The highest BCUT2D eigenvalue weighted by Crippen LogP contribution is 2.14. The quantitative estimate of drug-likeness (QED) is 0.0254. The van der Waals surface area contributed by atoms with Crippen LogP contribution in [0.4, 0.5) is 0 Å². The van der Waals surface area contributed by atoms with Crippen LogP contribution >= 0.6 is 0 Å². The van der Waals surface area contributed by atoms with E-state index < -0.39 is 139 Å². The Morgan fingerprint density at radius 1 is 0.322 bits per heavy atom. The van der Waals surface area contributed by atoms with Crippen molar-refractivity contribution < 1.29 is 112 Å². The summed E-state index contributed by atoms with van der Waals surface area (Å²) < 4.78 is 21.1. The molecule has 0 aliphatic rings. The third-order valence-electron chi connectivity index (χ3n) is 13.1. The number of unbranched alkanes of at least 4 members (excludes halogenated alkanes) is 13. The molecule has 0 saturated carbocycles. The lowest BCUT2D eigenvalue weighted by atomic mass is 9.92. The minimum absolute atomic E-state index is 0.0269. The number of carbonyl (C=O) groups excluding carboxylic acids is 9. The predicted octanol–water partition coefficient (Wildman–Crippen LogP) is -1.08. The predicted molar refractivity (Wildman–Crippen MR) is 310 cm³/mol. The second-order valence-electron chi connectivity index (χ2n) is 20.6. The van der Waals surface area contributed by atoms with Gasteiger partial charge in [-0.3, -0.25) is 43.2 Å². The van der Waals surface area contributed by atoms with Crippen molar-refractivity contribution in [2.75, 3.05) is 65.9 Å². The van der Waals surface area contributed by atoms with Gasteiger partial charge in [0.2, 0.25) is 47.3 Å². The molecule has 14 N–H and O–H groups in total. The Morgan fingerprint density at radius 2 is 0.609 bits per heavy atom. The summed E-state index contributed by atoms with van der Waals surface area (Å²) in [6.45, 7) is 0.0235. The van der Waals surface area contributed by atoms with Crippen molar-refractivity contribution in [3.05, 3.63) is 0 Å². The third-order valence-corrected chi connectivity index (χ3v) is 13.1. The highest BCUT2D eigenvalue weighted by atomic mass is 16.5. The Morgan fingerprint density at radius 3 is 0.954 bits per heavy atom. The molecule has 0 rings (SSSR count). The smallest absolute Gasteiger partial charge is 0.326 e. The molecule has 0 aromatic heterocycles. The van der Waals surface area contributed by atoms with Crippen molar-refractivity contribution in [3.63, 3.8) is 0 Å². The molecule has 0 aromatic rings. The maximum atomic E-state index is 12.7. The van der Waals surface area contributed by atoms with E-state index in [1.54, 1.807) is 0 Å². The van der Waals surface area contributed by atoms with Crippen LogP contribution < -0.4 is 43.0 Å². The number of hydrogen-bond donors (Lipinski definition) is 13. The van der Waals surface area contributed by atoms with Gasteiger partial charge in [-0.1, -0.05) is 77.0 Å². The fraction of sp³-hybridized carbons (Fsp3) is 0.745. The van der Waals surface area contributed by atoms with Crippen LogP contribution in [0.2, 0.25) is 0 Å². The minimum Gasteiger partial charge on any atom is -0.481 e. The Bertz CT molecular complexity index is 2160. The molecule has 0 aromatic carbocycles. The summed E-state index contributed by atoms with van der Waals surface area (Å²) in [7, 11) is 1.28. The normalized spacial score (nSPS) is 12.6. The fourth-order valence-electron chi connectivity index (χ4n) is 8.21. The van der Waals surface area contributed by atoms with E-state index >= 15 is 0 Å². The van der Waals surface area contributed by atoms with Gasteiger partial charge < -0.3 is 92.2 Å². The van der Waals surface area contributed by atoms with Crippen LogP contribution in [0.5, 0.6) is 0 Å². The van der Waals surface area contributed by atoms with Crippen LogP contribution in [0.1, 0.15) is 167 Å². The summed E-state index contributed by atoms with van der Waals surface area (Å²) in [5, 5.41) is 63.8. The van der Waals surface area contributed by atoms with Gasteiger partial charge in [0.15, 0.2) is 7.85 Å². The second kappa shape index (κ2) is 50.8. The zero-order valence-corrected chi connectivity index (χ0v) is 50.0. The number of carboxylic acids is 5. The highest BCUT2D eigenvalue weighted by Gasteiger charge is 2.28. The van der Waals surface area contributed by atoms with Crippen molar-refractivity contribution in [1.82, 2.24) is 37.2 Å². The molecule has 0 spiro atoms. The Balaban J connectivity index is 4.39. The molecule has 32 heteroatoms. The fourth-order valence-corrected chi connectivity index (χ4v) is 8.21. The largest absolute Gasteiger partial charge is 0.481 e. The molecule has 494 valence electrons. The summed E-state index contributed by atoms with van der Waals surface area (Å²) in [4.78, 5) is 167. The van der Waals surface area contributed by atoms with Gasteiger partial charge >= 0.3 is 29.8 Å². The van der Waals surface area contributed by atoms with Crippen molar-refractivity contribution in [2.45, 2.75) is 197 Å². The molecule has 5 atom stereocenters. The minimum atomic E-state index is -1.67. The summed E-state index contributed by atoms with van der Waals surface area (Å²) in [5.74, 6) is -12.2. The van der Waals surface area contributed by atoms with E-state index in [1.165, 1.54) is 7.85 Å². The molecular formula is C55H93BN8O23. The van der Waals surface area contributed by atoms with Crippen LogP contribution in [0.15, 0.2) is 0 Å². The molecule has 87 heavy (non-hydrogen) atoms. The van der Waals surface area contributed by atoms with Gasteiger partial charge in [-0.05, 0) is 44.9 Å². The second-order valence-corrected chi connectivity index (χ2v) is 20.6. The third kappa shape index (κ3) is 47.5. The molecule has 0 aliphatic carbocycles. The van der Waals surface area contributed by atoms with E-state index in [4.69, 9.17) is 29.8 Å². The van der Waals surface area contributed by atoms with Gasteiger partial charge in [-0.25, -0.2) is 19.2 Å². The number of nitrogens with two attached hydrogens (primary N) is 1. The monoisotopic (exact) mass is 1240 g/mol. The number of aliphatic carboxylic acids is 5. The van der Waals surface area contributed by atoms with Crippen molar-refractivity contribution in [3.8, 4) is 0 Å². The van der Waals surface area contributed by atoms with Gasteiger partial charge in [-0.2, -0.15) is 0 Å². The zero-order chi connectivity index (χ0) is 65.2. The van der Waals surface area contributed by atoms with Gasteiger partial charge in [0.1, 0.15) is 43.1 Å². The topological polar surface area (TPSA) is 487 Å². The number of ether oxygens (including phenoxy) is 4. The number of nitrogens with one attached hydrogen (secondary N) is 7. The average Bonchev–Trinajstić information content (AvgIpc) is 3.58. The van der Waals surface area contributed by atoms with E-state index in [0.717, 1.165) is 83.5 Å². The molecule has 0 bridgehead atoms.